The summed E-state index contributed by atoms with van der Waals surface area (Å²) in [6.07, 6.45) is 1.05. The molecule has 1 unspecified atom stereocenters. The predicted octanol–water partition coefficient (Wildman–Crippen LogP) is 3.50. The Hall–Kier alpha value is -1.05. The first kappa shape index (κ1) is 10.5. The number of nitrogen functional groups attached to an aromatic ring is 1. The minimum atomic E-state index is -0.268. The van der Waals surface area contributed by atoms with Crippen molar-refractivity contribution in [1.29, 1.82) is 0 Å². The van der Waals surface area contributed by atoms with E-state index in [4.69, 9.17) is 5.73 Å². The van der Waals surface area contributed by atoms with Crippen LogP contribution in [0.5, 0.6) is 0 Å². The maximum atomic E-state index is 13.5. The van der Waals surface area contributed by atoms with Gasteiger partial charge in [0.1, 0.15) is 5.82 Å². The first-order valence-corrected chi connectivity index (χ1v) is 5.43. The molecule has 1 aliphatic carbocycles. The van der Waals surface area contributed by atoms with Crippen molar-refractivity contribution < 1.29 is 4.39 Å². The maximum Gasteiger partial charge on any atom is 0.146 e. The van der Waals surface area contributed by atoms with Gasteiger partial charge in [-0.3, -0.25) is 0 Å². The summed E-state index contributed by atoms with van der Waals surface area (Å²) in [6, 6.07) is 1.56. The Bertz CT molecular complexity index is 421. The van der Waals surface area contributed by atoms with Gasteiger partial charge >= 0.3 is 0 Å². The number of nitrogens with two attached hydrogens (primary N) is 1. The van der Waals surface area contributed by atoms with Crippen molar-refractivity contribution in [3.63, 3.8) is 0 Å². The van der Waals surface area contributed by atoms with Crippen LogP contribution in [0.1, 0.15) is 49.8 Å². The number of halogens is 1. The molecule has 0 bridgehead atoms. The van der Waals surface area contributed by atoms with Crippen molar-refractivity contribution in [2.75, 3.05) is 5.73 Å². The van der Waals surface area contributed by atoms with Crippen LogP contribution < -0.4 is 5.73 Å². The van der Waals surface area contributed by atoms with Crippen LogP contribution in [0, 0.1) is 12.7 Å². The monoisotopic (exact) mass is 207 g/mol. The van der Waals surface area contributed by atoms with Crippen molar-refractivity contribution in [1.82, 2.24) is 0 Å². The zero-order valence-corrected chi connectivity index (χ0v) is 9.82. The third kappa shape index (κ3) is 1.35. The Labute approximate surface area is 90.5 Å². The average molecular weight is 207 g/mol. The summed E-state index contributed by atoms with van der Waals surface area (Å²) in [5, 5.41) is 0. The Morgan fingerprint density at radius 2 is 2.07 bits per heavy atom. The molecule has 0 heterocycles. The van der Waals surface area contributed by atoms with Gasteiger partial charge in [0, 0.05) is 0 Å². The topological polar surface area (TPSA) is 26.0 Å². The van der Waals surface area contributed by atoms with Crippen LogP contribution in [0.2, 0.25) is 0 Å². The van der Waals surface area contributed by atoms with E-state index in [0.29, 0.717) is 11.6 Å². The minimum absolute atomic E-state index is 0.126. The molecule has 15 heavy (non-hydrogen) atoms. The molecule has 0 saturated carbocycles. The van der Waals surface area contributed by atoms with Gasteiger partial charge in [-0.1, -0.05) is 20.8 Å². The second kappa shape index (κ2) is 2.97. The van der Waals surface area contributed by atoms with Gasteiger partial charge in [-0.05, 0) is 47.4 Å². The quantitative estimate of drug-likeness (QED) is 0.647. The van der Waals surface area contributed by atoms with Crippen molar-refractivity contribution >= 4 is 5.69 Å². The highest BCUT2D eigenvalue weighted by Crippen LogP contribution is 2.49. The molecule has 0 amide bonds. The fourth-order valence-electron chi connectivity index (χ4n) is 3.20. The molecule has 2 heteroatoms. The first-order valence-electron chi connectivity index (χ1n) is 5.43. The smallest absolute Gasteiger partial charge is 0.146 e. The second-order valence-electron chi connectivity index (χ2n) is 5.37. The highest BCUT2D eigenvalue weighted by molar-refractivity contribution is 5.61. The first-order chi connectivity index (χ1) is 6.84. The number of hydrogen-bond acceptors (Lipinski definition) is 1. The zero-order chi connectivity index (χ0) is 11.4. The minimum Gasteiger partial charge on any atom is -0.396 e. The van der Waals surface area contributed by atoms with Crippen LogP contribution >= 0.6 is 0 Å². The fraction of sp³-hybridized carbons (Fsp3) is 0.538. The number of hydrogen-bond donors (Lipinski definition) is 1. The molecular weight excluding hydrogens is 189 g/mol. The van der Waals surface area contributed by atoms with Gasteiger partial charge in [0.25, 0.3) is 0 Å². The van der Waals surface area contributed by atoms with Crippen molar-refractivity contribution in [3.05, 3.63) is 28.6 Å². The predicted molar refractivity (Wildman–Crippen MR) is 61.6 cm³/mol. The second-order valence-corrected chi connectivity index (χ2v) is 5.37. The standard InChI is InChI=1S/C13H18FN/c1-7-5-9(14)12(15)10-8(2)6-13(3,4)11(7)10/h5,8H,6,15H2,1-4H3. The molecule has 2 N–H and O–H groups in total. The summed E-state index contributed by atoms with van der Waals surface area (Å²) in [4.78, 5) is 0. The third-order valence-electron chi connectivity index (χ3n) is 3.54. The number of benzene rings is 1. The van der Waals surface area contributed by atoms with Crippen LogP contribution in [-0.4, -0.2) is 0 Å². The van der Waals surface area contributed by atoms with E-state index in [1.807, 2.05) is 6.92 Å². The summed E-state index contributed by atoms with van der Waals surface area (Å²) in [7, 11) is 0. The molecule has 0 radical (unpaired) electrons. The van der Waals surface area contributed by atoms with E-state index in [-0.39, 0.29) is 11.2 Å². The lowest BCUT2D eigenvalue weighted by Gasteiger charge is -2.21. The average Bonchev–Trinajstić information content (AvgIpc) is 2.32. The summed E-state index contributed by atoms with van der Waals surface area (Å²) < 4.78 is 13.5. The number of aryl methyl sites for hydroxylation is 1. The van der Waals surface area contributed by atoms with E-state index in [1.54, 1.807) is 6.07 Å². The molecule has 0 aliphatic heterocycles. The molecule has 1 nitrogen and oxygen atoms in total. The molecule has 1 aliphatic rings. The van der Waals surface area contributed by atoms with E-state index in [1.165, 1.54) is 5.56 Å². The number of anilines is 1. The highest BCUT2D eigenvalue weighted by Gasteiger charge is 2.38. The van der Waals surface area contributed by atoms with Gasteiger partial charge in [0.05, 0.1) is 5.69 Å². The molecule has 0 fully saturated rings. The summed E-state index contributed by atoms with van der Waals surface area (Å²) in [5.41, 5.74) is 9.65. The molecule has 1 aromatic rings. The van der Waals surface area contributed by atoms with Gasteiger partial charge in [-0.2, -0.15) is 0 Å². The summed E-state index contributed by atoms with van der Waals surface area (Å²) >= 11 is 0. The Morgan fingerprint density at radius 3 is 2.67 bits per heavy atom. The molecular formula is C13H18FN. The molecule has 1 aromatic carbocycles. The van der Waals surface area contributed by atoms with Gasteiger partial charge in [0.15, 0.2) is 0 Å². The molecule has 0 spiro atoms. The Balaban J connectivity index is 2.78. The third-order valence-corrected chi connectivity index (χ3v) is 3.54. The molecule has 2 rings (SSSR count). The Morgan fingerprint density at radius 1 is 1.47 bits per heavy atom. The van der Waals surface area contributed by atoms with Gasteiger partial charge in [0.2, 0.25) is 0 Å². The maximum absolute atomic E-state index is 13.5. The van der Waals surface area contributed by atoms with Gasteiger partial charge in [-0.25, -0.2) is 4.39 Å². The molecule has 1 atom stereocenters. The lowest BCUT2D eigenvalue weighted by atomic mass is 9.83. The Kier molecular flexibility index (Phi) is 2.07. The van der Waals surface area contributed by atoms with E-state index in [0.717, 1.165) is 17.5 Å². The van der Waals surface area contributed by atoms with E-state index < -0.39 is 0 Å². The lowest BCUT2D eigenvalue weighted by Crippen LogP contribution is -2.14. The highest BCUT2D eigenvalue weighted by atomic mass is 19.1. The molecule has 82 valence electrons. The fourth-order valence-corrected chi connectivity index (χ4v) is 3.20. The summed E-state index contributed by atoms with van der Waals surface area (Å²) in [6.45, 7) is 8.52. The SMILES string of the molecule is Cc1cc(F)c(N)c2c1C(C)(C)CC2C. The van der Waals surface area contributed by atoms with Crippen molar-refractivity contribution in [2.24, 2.45) is 0 Å². The number of fused-ring (bicyclic) bond motifs is 1. The van der Waals surface area contributed by atoms with Gasteiger partial charge < -0.3 is 5.73 Å². The van der Waals surface area contributed by atoms with Crippen LogP contribution in [0.3, 0.4) is 0 Å². The zero-order valence-electron chi connectivity index (χ0n) is 9.82. The van der Waals surface area contributed by atoms with Crippen molar-refractivity contribution in [2.45, 2.75) is 45.4 Å². The largest absolute Gasteiger partial charge is 0.396 e. The number of rotatable bonds is 0. The van der Waals surface area contributed by atoms with Crippen LogP contribution in [0.15, 0.2) is 6.07 Å². The normalized spacial score (nSPS) is 22.9. The van der Waals surface area contributed by atoms with E-state index >= 15 is 0 Å². The van der Waals surface area contributed by atoms with Crippen molar-refractivity contribution in [3.8, 4) is 0 Å². The van der Waals surface area contributed by atoms with Crippen LogP contribution in [0.25, 0.3) is 0 Å². The van der Waals surface area contributed by atoms with Gasteiger partial charge in [-0.15, -0.1) is 0 Å². The van der Waals surface area contributed by atoms with Crippen LogP contribution in [0.4, 0.5) is 10.1 Å². The molecule has 0 saturated heterocycles. The van der Waals surface area contributed by atoms with Crippen LogP contribution in [-0.2, 0) is 5.41 Å². The lowest BCUT2D eigenvalue weighted by molar-refractivity contribution is 0.488. The summed E-state index contributed by atoms with van der Waals surface area (Å²) in [5.74, 6) is 0.0974. The van der Waals surface area contributed by atoms with E-state index in [2.05, 4.69) is 20.8 Å². The molecule has 0 aromatic heterocycles. The van der Waals surface area contributed by atoms with E-state index in [9.17, 15) is 4.39 Å².